The van der Waals surface area contributed by atoms with Gasteiger partial charge in [-0.3, -0.25) is 0 Å². The van der Waals surface area contributed by atoms with E-state index in [9.17, 15) is 26.3 Å². The average Bonchev–Trinajstić information content (AvgIpc) is 3.74. The van der Waals surface area contributed by atoms with Crippen molar-refractivity contribution in [2.75, 3.05) is 0 Å². The van der Waals surface area contributed by atoms with Crippen LogP contribution < -0.4 is 0 Å². The molecule has 0 N–H and O–H groups in total. The van der Waals surface area contributed by atoms with Crippen molar-refractivity contribution in [2.45, 2.75) is 25.4 Å². The van der Waals surface area contributed by atoms with Crippen molar-refractivity contribution in [3.05, 3.63) is 109 Å². The zero-order valence-corrected chi connectivity index (χ0v) is 27.0. The maximum absolute atomic E-state index is 12.7. The molecule has 2 aromatic heterocycles. The van der Waals surface area contributed by atoms with Gasteiger partial charge in [0.15, 0.2) is 0 Å². The molecule has 0 fully saturated rings. The Balaban J connectivity index is 0.000000195. The minimum atomic E-state index is -4.32. The summed E-state index contributed by atoms with van der Waals surface area (Å²) in [6, 6.07) is 21.8. The number of hydrogen-bond acceptors (Lipinski definition) is 2. The molecule has 0 atom stereocenters. The molecule has 6 rings (SSSR count). The molecule has 0 spiro atoms. The van der Waals surface area contributed by atoms with Crippen LogP contribution in [0.1, 0.15) is 11.1 Å². The van der Waals surface area contributed by atoms with E-state index in [1.54, 1.807) is 60.7 Å². The van der Waals surface area contributed by atoms with Crippen LogP contribution in [0, 0.1) is 0 Å². The summed E-state index contributed by atoms with van der Waals surface area (Å²) in [7, 11) is 11.0. The maximum atomic E-state index is 12.7. The van der Waals surface area contributed by atoms with Crippen LogP contribution in [-0.4, -0.2) is 9.52 Å². The second kappa shape index (κ2) is 15.3. The molecular weight excluding hydrogens is 697 g/mol. The van der Waals surface area contributed by atoms with E-state index in [0.29, 0.717) is 44.2 Å². The molecule has 2 heterocycles. The standard InChI is InChI=1S/2C14H8F3O.C2H6Si.2ClH.Zr/c2*15-14(16,17)10-7-9-3-1-4-11(12(9)8-10)13-5-2-6-18-13;1-3-2;;;/h2*1-8H;1-2H3;2*1H;/q2*-1;;;;+4/p-2. The van der Waals surface area contributed by atoms with Gasteiger partial charge in [-0.25, -0.2) is 0 Å². The predicted molar refractivity (Wildman–Crippen MR) is 154 cm³/mol. The molecule has 4 aromatic carbocycles. The first-order chi connectivity index (χ1) is 19.9. The van der Waals surface area contributed by atoms with Crippen LogP contribution in [0.15, 0.2) is 106 Å². The summed E-state index contributed by atoms with van der Waals surface area (Å²) in [5.41, 5.74) is 0.0917. The third-order valence-corrected chi connectivity index (χ3v) is 5.73. The second-order valence-corrected chi connectivity index (χ2v) is 13.4. The molecule has 12 heteroatoms. The topological polar surface area (TPSA) is 26.3 Å². The fourth-order valence-corrected chi connectivity index (χ4v) is 4.09. The molecule has 2 radical (unpaired) electrons. The van der Waals surface area contributed by atoms with Crippen molar-refractivity contribution < 1.29 is 56.0 Å². The zero-order valence-electron chi connectivity index (χ0n) is 22.1. The third kappa shape index (κ3) is 8.75. The fourth-order valence-electron chi connectivity index (χ4n) is 4.09. The molecule has 0 bridgehead atoms. The molecule has 0 saturated heterocycles. The van der Waals surface area contributed by atoms with Gasteiger partial charge in [0.1, 0.15) is 11.5 Å². The van der Waals surface area contributed by atoms with Crippen molar-refractivity contribution in [2.24, 2.45) is 0 Å². The summed E-state index contributed by atoms with van der Waals surface area (Å²) in [5, 5.41) is 2.24. The van der Waals surface area contributed by atoms with Crippen LogP contribution in [0.25, 0.3) is 44.2 Å². The van der Waals surface area contributed by atoms with Crippen molar-refractivity contribution in [3.8, 4) is 22.6 Å². The van der Waals surface area contributed by atoms with Gasteiger partial charge < -0.3 is 8.83 Å². The first-order valence-electron chi connectivity index (χ1n) is 12.1. The van der Waals surface area contributed by atoms with Crippen molar-refractivity contribution in [3.63, 3.8) is 0 Å². The third-order valence-electron chi connectivity index (χ3n) is 5.73. The molecule has 0 aliphatic rings. The van der Waals surface area contributed by atoms with E-state index in [2.05, 4.69) is 13.1 Å². The Labute approximate surface area is 259 Å². The van der Waals surface area contributed by atoms with Crippen LogP contribution in [0.2, 0.25) is 13.1 Å². The SMILES string of the molecule is C[Si]C.FC(F)(F)c1cc2c(-c3ccco3)cccc2[cH-]1.FC(F)(F)c1cc2c(-c3ccco3)cccc2[cH-]1.[Cl][Zr+2][Cl]. The van der Waals surface area contributed by atoms with Gasteiger partial charge in [-0.15, -0.1) is 57.9 Å². The number of alkyl halides is 6. The van der Waals surface area contributed by atoms with Gasteiger partial charge >= 0.3 is 50.2 Å². The monoisotopic (exact) mass is 716 g/mol. The van der Waals surface area contributed by atoms with Gasteiger partial charge in [0.05, 0.1) is 12.5 Å². The average molecular weight is 719 g/mol. The predicted octanol–water partition coefficient (Wildman–Crippen LogP) is 11.8. The van der Waals surface area contributed by atoms with E-state index in [1.807, 2.05) is 0 Å². The fraction of sp³-hybridized carbons (Fsp3) is 0.133. The van der Waals surface area contributed by atoms with Crippen LogP contribution in [-0.2, 0) is 33.2 Å². The van der Waals surface area contributed by atoms with E-state index in [1.165, 1.54) is 12.5 Å². The molecule has 0 amide bonds. The number of furan rings is 2. The molecule has 42 heavy (non-hydrogen) atoms. The Hall–Kier alpha value is -2.52. The normalized spacial score (nSPS) is 11.1. The van der Waals surface area contributed by atoms with Gasteiger partial charge in [-0.1, -0.05) is 25.2 Å². The van der Waals surface area contributed by atoms with Crippen molar-refractivity contribution in [1.82, 2.24) is 0 Å². The van der Waals surface area contributed by atoms with Crippen LogP contribution in [0.5, 0.6) is 0 Å². The molecule has 2 nitrogen and oxygen atoms in total. The summed E-state index contributed by atoms with van der Waals surface area (Å²) < 4.78 is 86.5. The summed E-state index contributed by atoms with van der Waals surface area (Å²) in [4.78, 5) is 0. The molecule has 6 aromatic rings. The summed E-state index contributed by atoms with van der Waals surface area (Å²) in [5.74, 6) is 1.14. The minimum absolute atomic E-state index is 0.555. The van der Waals surface area contributed by atoms with E-state index < -0.39 is 44.3 Å². The van der Waals surface area contributed by atoms with Gasteiger partial charge in [-0.05, 0) is 46.5 Å². The number of halogens is 8. The summed E-state index contributed by atoms with van der Waals surface area (Å²) >= 11 is -0.826. The van der Waals surface area contributed by atoms with E-state index in [0.717, 1.165) is 33.8 Å². The van der Waals surface area contributed by atoms with Gasteiger partial charge in [0.2, 0.25) is 0 Å². The summed E-state index contributed by atoms with van der Waals surface area (Å²) in [6.45, 7) is 4.31. The number of fused-ring (bicyclic) bond motifs is 2. The Morgan fingerprint density at radius 2 is 1.00 bits per heavy atom. The first-order valence-corrected chi connectivity index (χ1v) is 20.4. The Morgan fingerprint density at radius 3 is 1.29 bits per heavy atom. The van der Waals surface area contributed by atoms with Crippen LogP contribution in [0.4, 0.5) is 26.3 Å². The van der Waals surface area contributed by atoms with Gasteiger partial charge in [0, 0.05) is 9.52 Å². The summed E-state index contributed by atoms with van der Waals surface area (Å²) in [6.07, 6.45) is -5.64. The zero-order chi connectivity index (χ0) is 30.9. The van der Waals surface area contributed by atoms with E-state index in [-0.39, 0.29) is 0 Å². The molecule has 0 aliphatic heterocycles. The van der Waals surface area contributed by atoms with Gasteiger partial charge in [-0.2, -0.15) is 38.5 Å². The molecule has 0 aliphatic carbocycles. The Bertz CT molecular complexity index is 1530. The molecule has 218 valence electrons. The number of hydrogen-bond donors (Lipinski definition) is 0. The van der Waals surface area contributed by atoms with Crippen molar-refractivity contribution in [1.29, 1.82) is 0 Å². The van der Waals surface area contributed by atoms with Crippen LogP contribution >= 0.6 is 17.0 Å². The number of benzene rings is 2. The van der Waals surface area contributed by atoms with E-state index in [4.69, 9.17) is 25.9 Å². The second-order valence-electron chi connectivity index (χ2n) is 8.63. The number of rotatable bonds is 2. The van der Waals surface area contributed by atoms with Crippen LogP contribution in [0.3, 0.4) is 0 Å². The van der Waals surface area contributed by atoms with Gasteiger partial charge in [0.25, 0.3) is 0 Å². The van der Waals surface area contributed by atoms with E-state index >= 15 is 0 Å². The first kappa shape index (κ1) is 34.0. The Kier molecular flexibility index (Phi) is 12.4. The molecule has 0 unspecified atom stereocenters. The molecule has 0 saturated carbocycles. The quantitative estimate of drug-likeness (QED) is 0.101. The Morgan fingerprint density at radius 1 is 0.643 bits per heavy atom. The molecular formula is C30H22Cl2F6O2SiZr. The van der Waals surface area contributed by atoms with Crippen molar-refractivity contribution >= 4 is 48.1 Å².